The van der Waals surface area contributed by atoms with Gasteiger partial charge in [0.15, 0.2) is 12.4 Å². The highest BCUT2D eigenvalue weighted by atomic mass is 32.2. The van der Waals surface area contributed by atoms with E-state index in [1.165, 1.54) is 122 Å². The second kappa shape index (κ2) is 42.0. The van der Waals surface area contributed by atoms with E-state index >= 15 is 0 Å². The van der Waals surface area contributed by atoms with Crippen LogP contribution in [-0.2, 0) is 38.7 Å². The molecule has 1 heterocycles. The molecule has 6 atom stereocenters. The fourth-order valence-electron chi connectivity index (χ4n) is 7.88. The normalized spacial score (nSPS) is 19.8. The first-order valence-corrected chi connectivity index (χ1v) is 27.7. The SMILES string of the molecule is CCCCCC/C=C\C/C=C\CCCCCCCC(=O)OC(COC(=O)CCCCCCCCCCC/C=C\CCCCCCCCCC)COC1OC(CS(=O)(=O)O)C(O)C(O)C1O. The van der Waals surface area contributed by atoms with Crippen LogP contribution in [0.1, 0.15) is 226 Å². The summed E-state index contributed by atoms with van der Waals surface area (Å²) in [7, 11) is -4.61. The number of allylic oxidation sites excluding steroid dienone is 6. The molecule has 65 heavy (non-hydrogen) atoms. The highest BCUT2D eigenvalue weighted by molar-refractivity contribution is 7.85. The van der Waals surface area contributed by atoms with Crippen LogP contribution in [0.3, 0.4) is 0 Å². The van der Waals surface area contributed by atoms with E-state index in [4.69, 9.17) is 18.9 Å². The Kier molecular flexibility index (Phi) is 39.4. The van der Waals surface area contributed by atoms with E-state index in [0.29, 0.717) is 12.8 Å². The van der Waals surface area contributed by atoms with Gasteiger partial charge in [0, 0.05) is 12.8 Å². The summed E-state index contributed by atoms with van der Waals surface area (Å²) in [6.45, 7) is 3.76. The highest BCUT2D eigenvalue weighted by Gasteiger charge is 2.46. The Bertz CT molecular complexity index is 1330. The molecule has 12 nitrogen and oxygen atoms in total. The topological polar surface area (TPSA) is 186 Å². The van der Waals surface area contributed by atoms with Gasteiger partial charge in [-0.3, -0.25) is 14.1 Å². The van der Waals surface area contributed by atoms with Gasteiger partial charge in [-0.15, -0.1) is 0 Å². The molecule has 4 N–H and O–H groups in total. The Balaban J connectivity index is 2.37. The van der Waals surface area contributed by atoms with Crippen molar-refractivity contribution in [2.45, 2.75) is 263 Å². The van der Waals surface area contributed by atoms with Crippen LogP contribution in [0.5, 0.6) is 0 Å². The summed E-state index contributed by atoms with van der Waals surface area (Å²) < 4.78 is 54.2. The molecule has 0 aromatic heterocycles. The van der Waals surface area contributed by atoms with Gasteiger partial charge in [-0.1, -0.05) is 179 Å². The standard InChI is InChI=1S/C52H94O12S/c1-3-5-7-9-11-13-15-17-19-21-22-23-24-25-27-28-30-32-34-36-38-40-47(53)61-42-45(43-62-52-51(57)50(56)49(55)46(64-52)44-65(58,59)60)63-48(54)41-39-37-35-33-31-29-26-20-18-16-14-12-10-8-6-4-2/h14,16,20-22,26,45-46,49-52,55-57H,3-13,15,17-19,23-25,27-44H2,1-2H3,(H,58,59,60)/b16-14-,22-21-,26-20-. The first kappa shape index (κ1) is 60.9. The minimum absolute atomic E-state index is 0.149. The molecule has 0 aliphatic carbocycles. The van der Waals surface area contributed by atoms with Gasteiger partial charge in [-0.05, 0) is 70.6 Å². The molecule has 0 aromatic rings. The van der Waals surface area contributed by atoms with Crippen LogP contribution in [0, 0.1) is 0 Å². The number of unbranched alkanes of at least 4 members (excludes halogenated alkanes) is 26. The van der Waals surface area contributed by atoms with Crippen molar-refractivity contribution >= 4 is 22.1 Å². The van der Waals surface area contributed by atoms with Crippen molar-refractivity contribution in [3.8, 4) is 0 Å². The molecule has 13 heteroatoms. The molecule has 0 radical (unpaired) electrons. The molecule has 6 unspecified atom stereocenters. The van der Waals surface area contributed by atoms with Crippen molar-refractivity contribution in [3.63, 3.8) is 0 Å². The summed E-state index contributed by atoms with van der Waals surface area (Å²) in [6.07, 6.45) is 40.4. The second-order valence-corrected chi connectivity index (χ2v) is 19.7. The Morgan fingerprint density at radius 2 is 0.923 bits per heavy atom. The first-order valence-electron chi connectivity index (χ1n) is 26.0. The van der Waals surface area contributed by atoms with Crippen molar-refractivity contribution in [1.82, 2.24) is 0 Å². The largest absolute Gasteiger partial charge is 0.462 e. The van der Waals surface area contributed by atoms with Crippen molar-refractivity contribution in [1.29, 1.82) is 0 Å². The average Bonchev–Trinajstić information content (AvgIpc) is 3.27. The minimum Gasteiger partial charge on any atom is -0.462 e. The molecule has 0 amide bonds. The van der Waals surface area contributed by atoms with E-state index in [0.717, 1.165) is 64.2 Å². The maximum absolute atomic E-state index is 12.9. The Hall–Kier alpha value is -2.13. The lowest BCUT2D eigenvalue weighted by atomic mass is 10.00. The molecule has 1 aliphatic rings. The summed E-state index contributed by atoms with van der Waals surface area (Å²) in [6, 6.07) is 0. The number of esters is 2. The lowest BCUT2D eigenvalue weighted by Crippen LogP contribution is -2.60. The first-order chi connectivity index (χ1) is 31.5. The third kappa shape index (κ3) is 36.6. The molecule has 1 rings (SSSR count). The van der Waals surface area contributed by atoms with Crippen LogP contribution in [0.25, 0.3) is 0 Å². The van der Waals surface area contributed by atoms with E-state index in [2.05, 4.69) is 50.3 Å². The van der Waals surface area contributed by atoms with Gasteiger partial charge in [0.25, 0.3) is 10.1 Å². The van der Waals surface area contributed by atoms with Crippen LogP contribution in [0.15, 0.2) is 36.5 Å². The third-order valence-corrected chi connectivity index (χ3v) is 12.7. The number of carbonyl (C=O) groups excluding carboxylic acids is 2. The second-order valence-electron chi connectivity index (χ2n) is 18.2. The van der Waals surface area contributed by atoms with Crippen molar-refractivity contribution in [2.24, 2.45) is 0 Å². The summed E-state index contributed by atoms with van der Waals surface area (Å²) in [5.41, 5.74) is 0. The van der Waals surface area contributed by atoms with Crippen LogP contribution >= 0.6 is 0 Å². The van der Waals surface area contributed by atoms with Crippen molar-refractivity contribution < 1.29 is 56.8 Å². The lowest BCUT2D eigenvalue weighted by Gasteiger charge is -2.40. The third-order valence-electron chi connectivity index (χ3n) is 11.9. The van der Waals surface area contributed by atoms with Crippen molar-refractivity contribution in [3.05, 3.63) is 36.5 Å². The van der Waals surface area contributed by atoms with E-state index in [1.807, 2.05) is 0 Å². The summed E-state index contributed by atoms with van der Waals surface area (Å²) in [5.74, 6) is -2.00. The summed E-state index contributed by atoms with van der Waals surface area (Å²) >= 11 is 0. The monoisotopic (exact) mass is 943 g/mol. The summed E-state index contributed by atoms with van der Waals surface area (Å²) in [5, 5.41) is 31.0. The van der Waals surface area contributed by atoms with Gasteiger partial charge in [-0.25, -0.2) is 0 Å². The average molecular weight is 943 g/mol. The molecule has 380 valence electrons. The number of ether oxygens (including phenoxy) is 4. The minimum atomic E-state index is -4.61. The number of aliphatic hydroxyl groups is 3. The van der Waals surface area contributed by atoms with Crippen LogP contribution in [0.2, 0.25) is 0 Å². The van der Waals surface area contributed by atoms with Crippen LogP contribution in [-0.4, -0.2) is 96.0 Å². The fourth-order valence-corrected chi connectivity index (χ4v) is 8.57. The summed E-state index contributed by atoms with van der Waals surface area (Å²) in [4.78, 5) is 25.5. The van der Waals surface area contributed by atoms with Crippen molar-refractivity contribution in [2.75, 3.05) is 19.0 Å². The molecular formula is C52H94O12S. The van der Waals surface area contributed by atoms with Gasteiger partial charge in [-0.2, -0.15) is 8.42 Å². The smallest absolute Gasteiger partial charge is 0.306 e. The Morgan fingerprint density at radius 3 is 1.38 bits per heavy atom. The zero-order chi connectivity index (χ0) is 47.6. The fraction of sp³-hybridized carbons (Fsp3) is 0.846. The zero-order valence-corrected chi connectivity index (χ0v) is 41.7. The quantitative estimate of drug-likeness (QED) is 0.0196. The Labute approximate surface area is 395 Å². The van der Waals surface area contributed by atoms with E-state index in [-0.39, 0.29) is 19.4 Å². The molecule has 1 saturated heterocycles. The predicted octanol–water partition coefficient (Wildman–Crippen LogP) is 11.7. The highest BCUT2D eigenvalue weighted by Crippen LogP contribution is 2.24. The molecule has 0 saturated carbocycles. The predicted molar refractivity (Wildman–Crippen MR) is 261 cm³/mol. The van der Waals surface area contributed by atoms with Gasteiger partial charge in [0.1, 0.15) is 36.8 Å². The Morgan fingerprint density at radius 1 is 0.523 bits per heavy atom. The van der Waals surface area contributed by atoms with Gasteiger partial charge >= 0.3 is 11.9 Å². The van der Waals surface area contributed by atoms with Gasteiger partial charge < -0.3 is 34.3 Å². The maximum atomic E-state index is 12.9. The van der Waals surface area contributed by atoms with Gasteiger partial charge in [0.2, 0.25) is 0 Å². The molecule has 1 fully saturated rings. The number of hydrogen-bond donors (Lipinski definition) is 4. The molecule has 1 aliphatic heterocycles. The number of hydrogen-bond acceptors (Lipinski definition) is 11. The molecular weight excluding hydrogens is 849 g/mol. The molecule has 0 aromatic carbocycles. The number of aliphatic hydroxyl groups excluding tert-OH is 3. The van der Waals surface area contributed by atoms with E-state index in [1.54, 1.807) is 0 Å². The maximum Gasteiger partial charge on any atom is 0.306 e. The van der Waals surface area contributed by atoms with Gasteiger partial charge in [0.05, 0.1) is 6.61 Å². The van der Waals surface area contributed by atoms with Crippen LogP contribution in [0.4, 0.5) is 0 Å². The zero-order valence-electron chi connectivity index (χ0n) is 40.8. The molecule has 0 spiro atoms. The molecule has 0 bridgehead atoms. The number of rotatable bonds is 44. The van der Waals surface area contributed by atoms with Crippen LogP contribution < -0.4 is 0 Å². The number of carbonyl (C=O) groups is 2. The van der Waals surface area contributed by atoms with E-state index < -0.39 is 71.2 Å². The lowest BCUT2D eigenvalue weighted by molar-refractivity contribution is -0.297. The van der Waals surface area contributed by atoms with E-state index in [9.17, 15) is 37.9 Å².